The highest BCUT2D eigenvalue weighted by molar-refractivity contribution is 5.92. The van der Waals surface area contributed by atoms with Crippen molar-refractivity contribution in [3.05, 3.63) is 65.5 Å². The molecule has 0 unspecified atom stereocenters. The number of fused-ring (bicyclic) bond motifs is 1. The van der Waals surface area contributed by atoms with Crippen LogP contribution in [0.25, 0.3) is 22.7 Å². The van der Waals surface area contributed by atoms with Gasteiger partial charge in [0.05, 0.1) is 29.3 Å². The standard InChI is InChI=1S/C20H17N3O2/c1-3-23-18-7-5-4-6-17(18)22-19(23)16(13-21)12-14-8-10-15(11-9-14)20(24)25-2/h4-12H,3H2,1-2H3/b16-12-. The number of carbonyl (C=O) groups is 1. The van der Waals surface area contributed by atoms with Crippen LogP contribution in [0.3, 0.4) is 0 Å². The van der Waals surface area contributed by atoms with E-state index in [9.17, 15) is 10.1 Å². The van der Waals surface area contributed by atoms with Crippen molar-refractivity contribution in [3.8, 4) is 6.07 Å². The second kappa shape index (κ2) is 7.02. The molecule has 3 aromatic rings. The van der Waals surface area contributed by atoms with Crippen LogP contribution < -0.4 is 0 Å². The van der Waals surface area contributed by atoms with Crippen molar-refractivity contribution < 1.29 is 9.53 Å². The fourth-order valence-electron chi connectivity index (χ4n) is 2.75. The number of para-hydroxylation sites is 2. The Kier molecular flexibility index (Phi) is 4.62. The van der Waals surface area contributed by atoms with Gasteiger partial charge >= 0.3 is 5.97 Å². The van der Waals surface area contributed by atoms with E-state index in [1.54, 1.807) is 30.3 Å². The van der Waals surface area contributed by atoms with Crippen molar-refractivity contribution in [2.24, 2.45) is 0 Å². The van der Waals surface area contributed by atoms with Gasteiger partial charge in [-0.25, -0.2) is 9.78 Å². The molecule has 0 aliphatic carbocycles. The van der Waals surface area contributed by atoms with E-state index in [1.165, 1.54) is 7.11 Å². The minimum absolute atomic E-state index is 0.385. The highest BCUT2D eigenvalue weighted by Gasteiger charge is 2.13. The second-order valence-corrected chi connectivity index (χ2v) is 5.45. The average molecular weight is 331 g/mol. The summed E-state index contributed by atoms with van der Waals surface area (Å²) in [6.45, 7) is 2.74. The summed E-state index contributed by atoms with van der Waals surface area (Å²) in [6.07, 6.45) is 1.77. The van der Waals surface area contributed by atoms with Crippen LogP contribution in [0.1, 0.15) is 28.7 Å². The van der Waals surface area contributed by atoms with Crippen molar-refractivity contribution in [2.75, 3.05) is 7.11 Å². The minimum atomic E-state index is -0.385. The molecule has 0 N–H and O–H groups in total. The van der Waals surface area contributed by atoms with Crippen LogP contribution in [0.5, 0.6) is 0 Å². The van der Waals surface area contributed by atoms with Crippen molar-refractivity contribution in [2.45, 2.75) is 13.5 Å². The number of nitrogens with zero attached hydrogens (tertiary/aromatic N) is 3. The Morgan fingerprint density at radius 2 is 1.96 bits per heavy atom. The first-order valence-corrected chi connectivity index (χ1v) is 7.93. The SMILES string of the molecule is CCn1c(/C(C#N)=C\c2ccc(C(=O)OC)cc2)nc2ccccc21. The summed E-state index contributed by atoms with van der Waals surface area (Å²) in [7, 11) is 1.35. The maximum atomic E-state index is 11.5. The van der Waals surface area contributed by atoms with E-state index in [-0.39, 0.29) is 5.97 Å². The number of carbonyl (C=O) groups excluding carboxylic acids is 1. The molecule has 0 radical (unpaired) electrons. The largest absolute Gasteiger partial charge is 0.465 e. The lowest BCUT2D eigenvalue weighted by atomic mass is 10.1. The smallest absolute Gasteiger partial charge is 0.337 e. The van der Waals surface area contributed by atoms with Crippen LogP contribution in [0.15, 0.2) is 48.5 Å². The van der Waals surface area contributed by atoms with Crippen molar-refractivity contribution in [1.29, 1.82) is 5.26 Å². The molecule has 0 aliphatic heterocycles. The third kappa shape index (κ3) is 3.15. The van der Waals surface area contributed by atoms with E-state index in [0.717, 1.165) is 23.1 Å². The Bertz CT molecular complexity index is 992. The third-order valence-corrected chi connectivity index (χ3v) is 3.97. The molecule has 0 fully saturated rings. The molecule has 1 heterocycles. The second-order valence-electron chi connectivity index (χ2n) is 5.45. The van der Waals surface area contributed by atoms with Gasteiger partial charge in [0, 0.05) is 6.54 Å². The predicted octanol–water partition coefficient (Wildman–Crippen LogP) is 3.91. The van der Waals surface area contributed by atoms with E-state index >= 15 is 0 Å². The number of benzene rings is 2. The molecule has 25 heavy (non-hydrogen) atoms. The number of nitriles is 1. The molecule has 3 rings (SSSR count). The van der Waals surface area contributed by atoms with Crippen LogP contribution in [0.4, 0.5) is 0 Å². The van der Waals surface area contributed by atoms with Gasteiger partial charge in [0.1, 0.15) is 6.07 Å². The third-order valence-electron chi connectivity index (χ3n) is 3.97. The number of hydrogen-bond donors (Lipinski definition) is 0. The lowest BCUT2D eigenvalue weighted by Gasteiger charge is -2.05. The molecule has 0 amide bonds. The summed E-state index contributed by atoms with van der Waals surface area (Å²) in [6, 6.07) is 17.0. The monoisotopic (exact) mass is 331 g/mol. The lowest BCUT2D eigenvalue weighted by molar-refractivity contribution is 0.0600. The van der Waals surface area contributed by atoms with Crippen LogP contribution >= 0.6 is 0 Å². The van der Waals surface area contributed by atoms with E-state index in [2.05, 4.69) is 11.1 Å². The number of ether oxygens (including phenoxy) is 1. The van der Waals surface area contributed by atoms with E-state index in [0.29, 0.717) is 17.0 Å². The molecule has 0 bridgehead atoms. The summed E-state index contributed by atoms with van der Waals surface area (Å²) in [5.41, 5.74) is 3.63. The van der Waals surface area contributed by atoms with E-state index < -0.39 is 0 Å². The number of aryl methyl sites for hydroxylation is 1. The molecule has 0 spiro atoms. The summed E-state index contributed by atoms with van der Waals surface area (Å²) in [4.78, 5) is 16.1. The Hall–Kier alpha value is -3.39. The normalized spacial score (nSPS) is 11.3. The number of hydrogen-bond acceptors (Lipinski definition) is 4. The van der Waals surface area contributed by atoms with Gasteiger partial charge in [-0.3, -0.25) is 0 Å². The van der Waals surface area contributed by atoms with Gasteiger partial charge < -0.3 is 9.30 Å². The quantitative estimate of drug-likeness (QED) is 0.537. The topological polar surface area (TPSA) is 67.9 Å². The summed E-state index contributed by atoms with van der Waals surface area (Å²) >= 11 is 0. The average Bonchev–Trinajstić information content (AvgIpc) is 3.04. The summed E-state index contributed by atoms with van der Waals surface area (Å²) in [5.74, 6) is 0.257. The first-order chi connectivity index (χ1) is 12.2. The Balaban J connectivity index is 2.04. The molecular formula is C20H17N3O2. The molecule has 124 valence electrons. The fraction of sp³-hybridized carbons (Fsp3) is 0.150. The van der Waals surface area contributed by atoms with Crippen LogP contribution in [0.2, 0.25) is 0 Å². The Morgan fingerprint density at radius 1 is 1.24 bits per heavy atom. The zero-order valence-corrected chi connectivity index (χ0v) is 14.1. The van der Waals surface area contributed by atoms with Gasteiger partial charge in [-0.1, -0.05) is 24.3 Å². The molecule has 1 aromatic heterocycles. The van der Waals surface area contributed by atoms with Gasteiger partial charge in [-0.05, 0) is 42.8 Å². The summed E-state index contributed by atoms with van der Waals surface area (Å²) < 4.78 is 6.71. The highest BCUT2D eigenvalue weighted by atomic mass is 16.5. The van der Waals surface area contributed by atoms with Gasteiger partial charge in [-0.15, -0.1) is 0 Å². The predicted molar refractivity (Wildman–Crippen MR) is 96.7 cm³/mol. The van der Waals surface area contributed by atoms with Gasteiger partial charge in [-0.2, -0.15) is 5.26 Å². The highest BCUT2D eigenvalue weighted by Crippen LogP contribution is 2.23. The maximum absolute atomic E-state index is 11.5. The number of aromatic nitrogens is 2. The van der Waals surface area contributed by atoms with Crippen LogP contribution in [0, 0.1) is 11.3 Å². The Morgan fingerprint density at radius 3 is 2.60 bits per heavy atom. The Labute approximate surface area is 145 Å². The van der Waals surface area contributed by atoms with Crippen LogP contribution in [-0.2, 0) is 11.3 Å². The molecule has 0 saturated carbocycles. The van der Waals surface area contributed by atoms with Crippen molar-refractivity contribution in [1.82, 2.24) is 9.55 Å². The first-order valence-electron chi connectivity index (χ1n) is 7.93. The van der Waals surface area contributed by atoms with Gasteiger partial charge in [0.25, 0.3) is 0 Å². The van der Waals surface area contributed by atoms with Crippen molar-refractivity contribution in [3.63, 3.8) is 0 Å². The molecular weight excluding hydrogens is 314 g/mol. The number of esters is 1. The lowest BCUT2D eigenvalue weighted by Crippen LogP contribution is -2.01. The molecule has 0 saturated heterocycles. The van der Waals surface area contributed by atoms with Crippen LogP contribution in [-0.4, -0.2) is 22.6 Å². The zero-order chi connectivity index (χ0) is 17.8. The fourth-order valence-corrected chi connectivity index (χ4v) is 2.75. The number of rotatable bonds is 4. The van der Waals surface area contributed by atoms with Gasteiger partial charge in [0.15, 0.2) is 5.82 Å². The molecule has 5 nitrogen and oxygen atoms in total. The zero-order valence-electron chi connectivity index (χ0n) is 14.1. The first kappa shape index (κ1) is 16.5. The maximum Gasteiger partial charge on any atom is 0.337 e. The molecule has 5 heteroatoms. The summed E-state index contributed by atoms with van der Waals surface area (Å²) in [5, 5.41) is 9.62. The number of methoxy groups -OCH3 is 1. The van der Waals surface area contributed by atoms with E-state index in [1.807, 2.05) is 35.8 Å². The molecule has 0 aliphatic rings. The number of allylic oxidation sites excluding steroid dienone is 1. The minimum Gasteiger partial charge on any atom is -0.465 e. The molecule has 0 atom stereocenters. The number of imidazole rings is 1. The molecule has 2 aromatic carbocycles. The van der Waals surface area contributed by atoms with Gasteiger partial charge in [0.2, 0.25) is 0 Å². The van der Waals surface area contributed by atoms with E-state index in [4.69, 9.17) is 4.74 Å². The van der Waals surface area contributed by atoms with Crippen molar-refractivity contribution >= 4 is 28.7 Å².